The predicted molar refractivity (Wildman–Crippen MR) is 260 cm³/mol. The first kappa shape index (κ1) is 35.7. The number of nitrogens with zero attached hydrogens (tertiary/aromatic N) is 3. The molecule has 2 aromatic heterocycles. The van der Waals surface area contributed by atoms with E-state index >= 15 is 0 Å². The van der Waals surface area contributed by atoms with Crippen LogP contribution in [0.2, 0.25) is 0 Å². The molecule has 0 aliphatic carbocycles. The number of fused-ring (bicyclic) bond motifs is 6. The summed E-state index contributed by atoms with van der Waals surface area (Å²) in [5.74, 6) is 0.704. The molecule has 10 aromatic carbocycles. The quantitative estimate of drug-likeness (QED) is 0.158. The fraction of sp³-hybridized carbons (Fsp3) is 0. The van der Waals surface area contributed by atoms with Gasteiger partial charge in [-0.05, 0) is 89.6 Å². The van der Waals surface area contributed by atoms with E-state index in [0.717, 1.165) is 99.4 Å². The molecule has 0 N–H and O–H groups in total. The maximum Gasteiger partial charge on any atom is 0.161 e. The van der Waals surface area contributed by atoms with Crippen LogP contribution in [0.25, 0.3) is 121 Å². The van der Waals surface area contributed by atoms with Crippen molar-refractivity contribution in [1.29, 1.82) is 0 Å². The lowest BCUT2D eigenvalue weighted by atomic mass is 9.90. The van der Waals surface area contributed by atoms with Crippen LogP contribution in [0, 0.1) is 0 Å². The Hall–Kier alpha value is -8.27. The normalized spacial score (nSPS) is 11.5. The monoisotopic (exact) mass is 787 g/mol. The summed E-state index contributed by atoms with van der Waals surface area (Å²) in [6.07, 6.45) is 0. The number of aromatic nitrogens is 3. The first-order valence-electron chi connectivity index (χ1n) is 21.1. The van der Waals surface area contributed by atoms with E-state index in [1.165, 1.54) is 16.2 Å². The second-order valence-electron chi connectivity index (χ2n) is 15.9. The Balaban J connectivity index is 1.05. The van der Waals surface area contributed by atoms with E-state index in [1.54, 1.807) is 0 Å². The molecule has 0 fully saturated rings. The Morgan fingerprint density at radius 3 is 1.44 bits per heavy atom. The maximum absolute atomic E-state index is 5.41. The molecule has 0 saturated carbocycles. The van der Waals surface area contributed by atoms with Gasteiger partial charge in [-0.15, -0.1) is 0 Å². The summed E-state index contributed by atoms with van der Waals surface area (Å²) in [6, 6.07) is 80.0. The smallest absolute Gasteiger partial charge is 0.161 e. The van der Waals surface area contributed by atoms with E-state index in [-0.39, 0.29) is 0 Å². The lowest BCUT2D eigenvalue weighted by molar-refractivity contribution is 1.19. The lowest BCUT2D eigenvalue weighted by Gasteiger charge is -2.16. The fourth-order valence-electron chi connectivity index (χ4n) is 9.33. The molecule has 0 aliphatic heterocycles. The Labute approximate surface area is 359 Å². The average molecular weight is 788 g/mol. The van der Waals surface area contributed by atoms with Crippen LogP contribution in [0.4, 0.5) is 0 Å². The van der Waals surface area contributed by atoms with E-state index in [9.17, 15) is 0 Å². The highest BCUT2D eigenvalue weighted by molar-refractivity contribution is 6.14. The van der Waals surface area contributed by atoms with Gasteiger partial charge in [-0.2, -0.15) is 0 Å². The Kier molecular flexibility index (Phi) is 8.50. The van der Waals surface area contributed by atoms with Gasteiger partial charge in [-0.25, -0.2) is 15.0 Å². The second-order valence-corrected chi connectivity index (χ2v) is 15.9. The predicted octanol–water partition coefficient (Wildman–Crippen LogP) is 15.6. The van der Waals surface area contributed by atoms with Crippen LogP contribution in [0.1, 0.15) is 0 Å². The molecule has 2 heterocycles. The van der Waals surface area contributed by atoms with Gasteiger partial charge in [0.25, 0.3) is 0 Å². The van der Waals surface area contributed by atoms with Crippen molar-refractivity contribution >= 4 is 54.0 Å². The van der Waals surface area contributed by atoms with Crippen LogP contribution in [0.3, 0.4) is 0 Å². The largest absolute Gasteiger partial charge is 0.248 e. The number of rotatable bonds is 6. The highest BCUT2D eigenvalue weighted by atomic mass is 14.9. The van der Waals surface area contributed by atoms with E-state index in [2.05, 4.69) is 224 Å². The lowest BCUT2D eigenvalue weighted by Crippen LogP contribution is -1.98. The molecule has 0 saturated heterocycles. The first-order chi connectivity index (χ1) is 30.7. The van der Waals surface area contributed by atoms with Crippen LogP contribution < -0.4 is 0 Å². The van der Waals surface area contributed by atoms with Crippen molar-refractivity contribution in [2.24, 2.45) is 0 Å². The molecule has 12 rings (SSSR count). The zero-order valence-electron chi connectivity index (χ0n) is 33.7. The van der Waals surface area contributed by atoms with Crippen molar-refractivity contribution in [2.75, 3.05) is 0 Å². The number of benzene rings is 10. The third kappa shape index (κ3) is 6.10. The highest BCUT2D eigenvalue weighted by Crippen LogP contribution is 2.42. The van der Waals surface area contributed by atoms with Gasteiger partial charge in [0, 0.05) is 27.6 Å². The summed E-state index contributed by atoms with van der Waals surface area (Å²) in [5, 5.41) is 10.5. The van der Waals surface area contributed by atoms with Gasteiger partial charge >= 0.3 is 0 Å². The molecule has 0 atom stereocenters. The van der Waals surface area contributed by atoms with Crippen molar-refractivity contribution in [2.45, 2.75) is 0 Å². The summed E-state index contributed by atoms with van der Waals surface area (Å²) >= 11 is 0. The minimum atomic E-state index is 0.704. The molecule has 3 nitrogen and oxygen atoms in total. The van der Waals surface area contributed by atoms with Gasteiger partial charge in [-0.1, -0.05) is 200 Å². The van der Waals surface area contributed by atoms with Crippen molar-refractivity contribution < 1.29 is 0 Å². The van der Waals surface area contributed by atoms with Crippen molar-refractivity contribution in [3.8, 4) is 67.4 Å². The Bertz CT molecular complexity index is 3590. The van der Waals surface area contributed by atoms with Gasteiger partial charge < -0.3 is 0 Å². The van der Waals surface area contributed by atoms with Gasteiger partial charge in [0.1, 0.15) is 0 Å². The molecular formula is C59H37N3. The van der Waals surface area contributed by atoms with Crippen molar-refractivity contribution in [3.63, 3.8) is 0 Å². The van der Waals surface area contributed by atoms with Crippen LogP contribution in [0.15, 0.2) is 224 Å². The van der Waals surface area contributed by atoms with Crippen LogP contribution in [-0.4, -0.2) is 15.0 Å². The Morgan fingerprint density at radius 2 is 0.726 bits per heavy atom. The minimum Gasteiger partial charge on any atom is -0.248 e. The molecule has 0 radical (unpaired) electrons. The summed E-state index contributed by atoms with van der Waals surface area (Å²) in [6.45, 7) is 0. The molecule has 288 valence electrons. The molecule has 0 aliphatic rings. The molecule has 0 amide bonds. The topological polar surface area (TPSA) is 38.7 Å². The second kappa shape index (κ2) is 14.8. The van der Waals surface area contributed by atoms with Gasteiger partial charge in [0.15, 0.2) is 5.82 Å². The SMILES string of the molecule is c1ccc(-c2cc(-c3cccc(-c4ccc(-c5cc(-c6cccc7ccccc67)nc(-c6cccc7ccccc67)n5)c5ccccc45)c3)c3c(ccc4ccccc43)n2)cc1. The number of hydrogen-bond donors (Lipinski definition) is 0. The molecule has 0 unspecified atom stereocenters. The number of pyridine rings is 1. The average Bonchev–Trinajstić information content (AvgIpc) is 3.35. The van der Waals surface area contributed by atoms with E-state index in [0.29, 0.717) is 5.82 Å². The van der Waals surface area contributed by atoms with Crippen LogP contribution in [0.5, 0.6) is 0 Å². The summed E-state index contributed by atoms with van der Waals surface area (Å²) in [4.78, 5) is 16.0. The maximum atomic E-state index is 5.41. The van der Waals surface area contributed by atoms with Gasteiger partial charge in [0.2, 0.25) is 0 Å². The van der Waals surface area contributed by atoms with Gasteiger partial charge in [0.05, 0.1) is 22.6 Å². The van der Waals surface area contributed by atoms with E-state index in [1.807, 2.05) is 0 Å². The molecule has 0 bridgehead atoms. The minimum absolute atomic E-state index is 0.704. The van der Waals surface area contributed by atoms with Crippen LogP contribution in [-0.2, 0) is 0 Å². The summed E-state index contributed by atoms with van der Waals surface area (Å²) in [5.41, 5.74) is 12.6. The van der Waals surface area contributed by atoms with E-state index in [4.69, 9.17) is 15.0 Å². The molecular weight excluding hydrogens is 751 g/mol. The van der Waals surface area contributed by atoms with Crippen LogP contribution >= 0.6 is 0 Å². The Morgan fingerprint density at radius 1 is 0.242 bits per heavy atom. The van der Waals surface area contributed by atoms with Crippen molar-refractivity contribution in [3.05, 3.63) is 224 Å². The summed E-state index contributed by atoms with van der Waals surface area (Å²) < 4.78 is 0. The molecule has 12 aromatic rings. The molecule has 62 heavy (non-hydrogen) atoms. The first-order valence-corrected chi connectivity index (χ1v) is 21.1. The van der Waals surface area contributed by atoms with Crippen molar-refractivity contribution in [1.82, 2.24) is 15.0 Å². The van der Waals surface area contributed by atoms with E-state index < -0.39 is 0 Å². The zero-order valence-corrected chi connectivity index (χ0v) is 33.7. The molecule has 3 heteroatoms. The standard InChI is InChI=1S/C59H37N3/c1-2-18-41(19-3-1)55-36-53(58-47-26-9-6-17-40(47)31-34-54(58)60-55)43-23-12-22-42(35-43)46-32-33-51(49-28-11-10-27-48(46)49)57-37-56(50-29-13-20-38-15-4-7-24-44(38)50)61-59(62-57)52-30-14-21-39-16-5-8-25-45(39)52/h1-37H. The fourth-order valence-corrected chi connectivity index (χ4v) is 9.33. The zero-order chi connectivity index (χ0) is 41.0. The molecule has 0 spiro atoms. The summed E-state index contributed by atoms with van der Waals surface area (Å²) in [7, 11) is 0. The third-order valence-electron chi connectivity index (χ3n) is 12.3. The number of hydrogen-bond acceptors (Lipinski definition) is 3. The van der Waals surface area contributed by atoms with Gasteiger partial charge in [-0.3, -0.25) is 0 Å². The third-order valence-corrected chi connectivity index (χ3v) is 12.3. The highest BCUT2D eigenvalue weighted by Gasteiger charge is 2.18.